The Labute approximate surface area is 201 Å². The summed E-state index contributed by atoms with van der Waals surface area (Å²) in [7, 11) is 0.197. The first-order valence-electron chi connectivity index (χ1n) is 10.1. The van der Waals surface area contributed by atoms with E-state index in [4.69, 9.17) is 11.6 Å². The van der Waals surface area contributed by atoms with E-state index >= 15 is 0 Å². The average molecular weight is 489 g/mol. The smallest absolute Gasteiger partial charge is 0.462 e. The predicted molar refractivity (Wildman–Crippen MR) is 125 cm³/mol. The van der Waals surface area contributed by atoms with Gasteiger partial charge in [0.1, 0.15) is 0 Å². The van der Waals surface area contributed by atoms with Gasteiger partial charge < -0.3 is 19.3 Å². The number of nitrogens with one attached hydrogen (secondary N) is 1. The standard InChI is InChI=1S/C16H14ClN3O.C6H9BO6/c1-18-15-10-20(21)16(11-5-3-2-4-6-11)13-9-12(17)7-8-14(13)19-15;1-4(8)11-7(12-5(2)9)13-6(3)10/h2-9,21H,10H2,1H3;1-3H3/p+1. The third-order valence-corrected chi connectivity index (χ3v) is 4.38. The van der Waals surface area contributed by atoms with E-state index in [1.54, 1.807) is 13.1 Å². The number of carbonyl (C=O) groups is 3. The summed E-state index contributed by atoms with van der Waals surface area (Å²) in [6, 6.07) is 15.2. The van der Waals surface area contributed by atoms with Crippen molar-refractivity contribution in [2.24, 2.45) is 4.99 Å². The highest BCUT2D eigenvalue weighted by Crippen LogP contribution is 2.27. The average Bonchev–Trinajstić information content (AvgIpc) is 2.88. The van der Waals surface area contributed by atoms with Gasteiger partial charge in [-0.1, -0.05) is 29.8 Å². The van der Waals surface area contributed by atoms with E-state index in [-0.39, 0.29) is 6.54 Å². The summed E-state index contributed by atoms with van der Waals surface area (Å²) in [5.41, 5.74) is 3.19. The van der Waals surface area contributed by atoms with Gasteiger partial charge >= 0.3 is 7.32 Å². The van der Waals surface area contributed by atoms with Crippen LogP contribution in [0.15, 0.2) is 53.5 Å². The van der Waals surface area contributed by atoms with Gasteiger partial charge in [0.25, 0.3) is 23.6 Å². The summed E-state index contributed by atoms with van der Waals surface area (Å²) < 4.78 is 14.2. The van der Waals surface area contributed by atoms with E-state index in [0.717, 1.165) is 37.6 Å². The van der Waals surface area contributed by atoms with Crippen LogP contribution in [0, 0.1) is 0 Å². The molecule has 2 aromatic rings. The van der Waals surface area contributed by atoms with Gasteiger partial charge in [0.15, 0.2) is 5.84 Å². The number of hydrogen-bond acceptors (Lipinski definition) is 9. The van der Waals surface area contributed by atoms with Gasteiger partial charge in [0.2, 0.25) is 6.54 Å². The Morgan fingerprint density at radius 1 is 1.00 bits per heavy atom. The number of amidine groups is 1. The number of carbonyl (C=O) groups excluding carboxylic acids is 3. The maximum Gasteiger partial charge on any atom is 0.870 e. The van der Waals surface area contributed by atoms with Gasteiger partial charge in [-0.15, -0.1) is 0 Å². The molecule has 1 heterocycles. The van der Waals surface area contributed by atoms with Crippen molar-refractivity contribution in [2.75, 3.05) is 13.6 Å². The highest BCUT2D eigenvalue weighted by atomic mass is 35.5. The van der Waals surface area contributed by atoms with Crippen LogP contribution in [-0.4, -0.2) is 60.3 Å². The molecule has 1 aliphatic heterocycles. The van der Waals surface area contributed by atoms with Crippen molar-refractivity contribution in [1.29, 1.82) is 0 Å². The van der Waals surface area contributed by atoms with E-state index in [1.807, 2.05) is 42.5 Å². The van der Waals surface area contributed by atoms with Gasteiger partial charge in [-0.2, -0.15) is 0 Å². The van der Waals surface area contributed by atoms with E-state index in [1.165, 1.54) is 4.74 Å². The number of halogens is 1. The van der Waals surface area contributed by atoms with Gasteiger partial charge in [-0.3, -0.25) is 19.6 Å². The van der Waals surface area contributed by atoms with Gasteiger partial charge in [-0.25, -0.2) is 4.99 Å². The zero-order chi connectivity index (χ0) is 25.3. The summed E-state index contributed by atoms with van der Waals surface area (Å²) in [5.74, 6) is -1.46. The van der Waals surface area contributed by atoms with Crippen LogP contribution in [0.3, 0.4) is 0 Å². The molecule has 2 aromatic carbocycles. The van der Waals surface area contributed by atoms with Crippen molar-refractivity contribution in [1.82, 2.24) is 5.32 Å². The van der Waals surface area contributed by atoms with E-state index in [2.05, 4.69) is 24.3 Å². The molecular formula is C22H24BClN3O7+. The molecule has 0 bridgehead atoms. The SMILES string of the molecule is CC(=O)OB(OC(C)=O)OC(C)=O.CNC1=Nc2ccc(Cl)cc2C(c2ccccc2)=[N+](O)C1. The van der Waals surface area contributed by atoms with Crippen LogP contribution < -0.4 is 5.32 Å². The Kier molecular flexibility index (Phi) is 9.63. The first-order chi connectivity index (χ1) is 16.1. The zero-order valence-electron chi connectivity index (χ0n) is 19.1. The van der Waals surface area contributed by atoms with Crippen molar-refractivity contribution in [3.05, 3.63) is 64.7 Å². The number of aliphatic imine (C=N–C) groups is 1. The normalized spacial score (nSPS) is 12.1. The lowest BCUT2D eigenvalue weighted by atomic mass is 10.0. The van der Waals surface area contributed by atoms with Crippen LogP contribution in [0.1, 0.15) is 31.9 Å². The van der Waals surface area contributed by atoms with Crippen LogP contribution >= 0.6 is 11.6 Å². The molecule has 34 heavy (non-hydrogen) atoms. The summed E-state index contributed by atoms with van der Waals surface area (Å²) in [5, 5.41) is 14.1. The molecule has 0 fully saturated rings. The largest absolute Gasteiger partial charge is 0.870 e. The highest BCUT2D eigenvalue weighted by molar-refractivity contribution is 6.43. The molecule has 1 aliphatic rings. The maximum atomic E-state index is 10.5. The Bertz CT molecular complexity index is 1080. The minimum atomic E-state index is -1.59. The molecular weight excluding hydrogens is 465 g/mol. The molecule has 2 N–H and O–H groups in total. The molecule has 0 amide bonds. The van der Waals surface area contributed by atoms with Gasteiger partial charge in [-0.05, 0) is 35.1 Å². The van der Waals surface area contributed by atoms with Crippen LogP contribution in [-0.2, 0) is 28.3 Å². The number of fused-ring (bicyclic) bond motifs is 1. The lowest BCUT2D eigenvalue weighted by Crippen LogP contribution is -2.32. The second-order valence-electron chi connectivity index (χ2n) is 6.86. The number of benzene rings is 2. The Morgan fingerprint density at radius 3 is 2.06 bits per heavy atom. The van der Waals surface area contributed by atoms with Crippen molar-refractivity contribution >= 4 is 54.1 Å². The fourth-order valence-corrected chi connectivity index (χ4v) is 3.02. The van der Waals surface area contributed by atoms with Crippen molar-refractivity contribution in [2.45, 2.75) is 20.8 Å². The fraction of sp³-hybridized carbons (Fsp3) is 0.227. The number of likely N-dealkylation sites (N-methyl/N-ethyl adjacent to an activating group) is 1. The molecule has 0 spiro atoms. The second kappa shape index (κ2) is 12.4. The molecule has 0 atom stereocenters. The third kappa shape index (κ3) is 7.93. The first-order valence-corrected chi connectivity index (χ1v) is 10.4. The summed E-state index contributed by atoms with van der Waals surface area (Å²) in [6.07, 6.45) is 0. The Balaban J connectivity index is 0.000000273. The summed E-state index contributed by atoms with van der Waals surface area (Å²) in [6.45, 7) is 3.58. The van der Waals surface area contributed by atoms with Crippen LogP contribution in [0.5, 0.6) is 0 Å². The minimum absolute atomic E-state index is 0.285. The third-order valence-electron chi connectivity index (χ3n) is 4.15. The van der Waals surface area contributed by atoms with E-state index in [9.17, 15) is 19.6 Å². The van der Waals surface area contributed by atoms with E-state index in [0.29, 0.717) is 16.6 Å². The molecule has 0 aliphatic carbocycles. The minimum Gasteiger partial charge on any atom is -0.462 e. The molecule has 12 heteroatoms. The number of rotatable bonds is 4. The predicted octanol–water partition coefficient (Wildman–Crippen LogP) is 2.50. The molecule has 178 valence electrons. The van der Waals surface area contributed by atoms with Crippen molar-refractivity contribution < 1.29 is 38.3 Å². The van der Waals surface area contributed by atoms with E-state index < -0.39 is 25.2 Å². The molecule has 0 saturated carbocycles. The monoisotopic (exact) mass is 488 g/mol. The fourth-order valence-electron chi connectivity index (χ4n) is 2.85. The second-order valence-corrected chi connectivity index (χ2v) is 7.30. The molecule has 0 aromatic heterocycles. The first kappa shape index (κ1) is 26.4. The lowest BCUT2D eigenvalue weighted by Gasteiger charge is -2.09. The van der Waals surface area contributed by atoms with Crippen molar-refractivity contribution in [3.63, 3.8) is 0 Å². The zero-order valence-corrected chi connectivity index (χ0v) is 19.8. The molecule has 0 radical (unpaired) electrons. The van der Waals surface area contributed by atoms with Crippen LogP contribution in [0.2, 0.25) is 5.02 Å². The number of nitrogens with zero attached hydrogens (tertiary/aromatic N) is 2. The summed E-state index contributed by atoms with van der Waals surface area (Å²) in [4.78, 5) is 35.8. The quantitative estimate of drug-likeness (QED) is 0.382. The summed E-state index contributed by atoms with van der Waals surface area (Å²) >= 11 is 6.12. The highest BCUT2D eigenvalue weighted by Gasteiger charge is 2.33. The molecule has 0 unspecified atom stereocenters. The molecule has 0 saturated heterocycles. The number of hydroxylamine groups is 1. The molecule has 3 rings (SSSR count). The lowest BCUT2D eigenvalue weighted by molar-refractivity contribution is -0.764. The Morgan fingerprint density at radius 2 is 1.56 bits per heavy atom. The number of hydrogen-bond donors (Lipinski definition) is 2. The van der Waals surface area contributed by atoms with Crippen LogP contribution in [0.25, 0.3) is 0 Å². The van der Waals surface area contributed by atoms with Crippen molar-refractivity contribution in [3.8, 4) is 0 Å². The molecule has 10 nitrogen and oxygen atoms in total. The Hall–Kier alpha value is -3.86. The van der Waals surface area contributed by atoms with Crippen LogP contribution in [0.4, 0.5) is 5.69 Å². The maximum absolute atomic E-state index is 10.5. The topological polar surface area (TPSA) is 127 Å². The van der Waals surface area contributed by atoms with Gasteiger partial charge in [0, 0.05) is 32.8 Å². The van der Waals surface area contributed by atoms with Gasteiger partial charge in [0.05, 0.1) is 16.8 Å².